The van der Waals surface area contributed by atoms with Crippen LogP contribution in [0, 0.1) is 0 Å². The summed E-state index contributed by atoms with van der Waals surface area (Å²) >= 11 is 0. The van der Waals surface area contributed by atoms with Gasteiger partial charge in [0.05, 0.1) is 16.6 Å². The lowest BCUT2D eigenvalue weighted by Gasteiger charge is -2.22. The molecule has 0 radical (unpaired) electrons. The van der Waals surface area contributed by atoms with Crippen LogP contribution < -0.4 is 10.6 Å². The highest BCUT2D eigenvalue weighted by Gasteiger charge is 2.25. The molecule has 2 aromatic rings. The van der Waals surface area contributed by atoms with Crippen LogP contribution in [-0.4, -0.2) is 28.5 Å². The SMILES string of the molecule is CNC(C)(C)C(=O)Nc1ccc2nccnc2c1. The number of hydrogen-bond acceptors (Lipinski definition) is 4. The Hall–Kier alpha value is -2.01. The van der Waals surface area contributed by atoms with Crippen molar-refractivity contribution in [2.75, 3.05) is 12.4 Å². The van der Waals surface area contributed by atoms with Gasteiger partial charge in [0.1, 0.15) is 0 Å². The van der Waals surface area contributed by atoms with Gasteiger partial charge in [0.25, 0.3) is 0 Å². The molecule has 0 bridgehead atoms. The summed E-state index contributed by atoms with van der Waals surface area (Å²) in [7, 11) is 1.76. The summed E-state index contributed by atoms with van der Waals surface area (Å²) in [5.41, 5.74) is 1.68. The summed E-state index contributed by atoms with van der Waals surface area (Å²) in [6, 6.07) is 5.47. The number of carbonyl (C=O) groups excluding carboxylic acids is 1. The first kappa shape index (κ1) is 12.4. The van der Waals surface area contributed by atoms with E-state index in [2.05, 4.69) is 20.6 Å². The molecule has 2 rings (SSSR count). The van der Waals surface area contributed by atoms with Crippen LogP contribution in [-0.2, 0) is 4.79 Å². The third-order valence-corrected chi connectivity index (χ3v) is 2.92. The first-order valence-electron chi connectivity index (χ1n) is 5.74. The second-order valence-corrected chi connectivity index (χ2v) is 4.59. The van der Waals surface area contributed by atoms with Gasteiger partial charge in [-0.05, 0) is 39.1 Å². The first-order chi connectivity index (χ1) is 8.53. The molecule has 1 heterocycles. The molecule has 0 spiro atoms. The zero-order valence-corrected chi connectivity index (χ0v) is 10.7. The molecule has 0 aliphatic carbocycles. The van der Waals surface area contributed by atoms with Crippen LogP contribution in [0.2, 0.25) is 0 Å². The quantitative estimate of drug-likeness (QED) is 0.860. The molecule has 0 aliphatic rings. The molecule has 0 fully saturated rings. The van der Waals surface area contributed by atoms with Gasteiger partial charge in [-0.3, -0.25) is 14.8 Å². The minimum absolute atomic E-state index is 0.0896. The molecule has 2 N–H and O–H groups in total. The number of carbonyl (C=O) groups is 1. The predicted molar refractivity (Wildman–Crippen MR) is 71.3 cm³/mol. The van der Waals surface area contributed by atoms with E-state index < -0.39 is 5.54 Å². The lowest BCUT2D eigenvalue weighted by Crippen LogP contribution is -2.47. The Morgan fingerprint density at radius 2 is 1.83 bits per heavy atom. The van der Waals surface area contributed by atoms with E-state index in [4.69, 9.17) is 0 Å². The molecule has 0 saturated heterocycles. The van der Waals surface area contributed by atoms with Gasteiger partial charge in [0, 0.05) is 18.1 Å². The monoisotopic (exact) mass is 244 g/mol. The number of aromatic nitrogens is 2. The van der Waals surface area contributed by atoms with Gasteiger partial charge in [-0.25, -0.2) is 0 Å². The van der Waals surface area contributed by atoms with Crippen molar-refractivity contribution in [2.24, 2.45) is 0 Å². The van der Waals surface area contributed by atoms with Crippen molar-refractivity contribution in [3.63, 3.8) is 0 Å². The highest BCUT2D eigenvalue weighted by atomic mass is 16.2. The summed E-state index contributed by atoms with van der Waals surface area (Å²) in [4.78, 5) is 20.4. The summed E-state index contributed by atoms with van der Waals surface area (Å²) in [5.74, 6) is -0.0896. The minimum atomic E-state index is -0.614. The van der Waals surface area contributed by atoms with Crippen molar-refractivity contribution in [2.45, 2.75) is 19.4 Å². The maximum absolute atomic E-state index is 12.0. The minimum Gasteiger partial charge on any atom is -0.324 e. The molecule has 0 atom stereocenters. The Bertz CT molecular complexity index is 580. The van der Waals surface area contributed by atoms with Crippen LogP contribution in [0.25, 0.3) is 11.0 Å². The number of fused-ring (bicyclic) bond motifs is 1. The van der Waals surface area contributed by atoms with Crippen LogP contribution in [0.4, 0.5) is 5.69 Å². The molecule has 1 aromatic heterocycles. The molecular weight excluding hydrogens is 228 g/mol. The van der Waals surface area contributed by atoms with Crippen molar-refractivity contribution < 1.29 is 4.79 Å². The zero-order chi connectivity index (χ0) is 13.2. The number of benzene rings is 1. The van der Waals surface area contributed by atoms with Crippen LogP contribution in [0.3, 0.4) is 0 Å². The average molecular weight is 244 g/mol. The number of hydrogen-bond donors (Lipinski definition) is 2. The predicted octanol–water partition coefficient (Wildman–Crippen LogP) is 1.57. The Labute approximate surface area is 106 Å². The molecule has 94 valence electrons. The van der Waals surface area contributed by atoms with E-state index in [-0.39, 0.29) is 5.91 Å². The number of rotatable bonds is 3. The van der Waals surface area contributed by atoms with E-state index in [9.17, 15) is 4.79 Å². The molecule has 5 nitrogen and oxygen atoms in total. The number of anilines is 1. The average Bonchev–Trinajstić information content (AvgIpc) is 2.38. The Morgan fingerprint density at radius 1 is 1.17 bits per heavy atom. The second kappa shape index (κ2) is 4.70. The maximum atomic E-state index is 12.0. The Kier molecular flexibility index (Phi) is 3.25. The molecule has 0 saturated carbocycles. The largest absolute Gasteiger partial charge is 0.324 e. The first-order valence-corrected chi connectivity index (χ1v) is 5.74. The lowest BCUT2D eigenvalue weighted by molar-refractivity contribution is -0.121. The molecule has 0 aliphatic heterocycles. The van der Waals surface area contributed by atoms with Crippen LogP contribution in [0.1, 0.15) is 13.8 Å². The smallest absolute Gasteiger partial charge is 0.244 e. The fourth-order valence-electron chi connectivity index (χ4n) is 1.44. The summed E-state index contributed by atoms with van der Waals surface area (Å²) < 4.78 is 0. The number of nitrogens with zero attached hydrogens (tertiary/aromatic N) is 2. The van der Waals surface area contributed by atoms with E-state index in [1.54, 1.807) is 19.4 Å². The molecule has 1 amide bonds. The van der Waals surface area contributed by atoms with Crippen LogP contribution >= 0.6 is 0 Å². The third-order valence-electron chi connectivity index (χ3n) is 2.92. The number of nitrogens with one attached hydrogen (secondary N) is 2. The maximum Gasteiger partial charge on any atom is 0.244 e. The normalized spacial score (nSPS) is 11.5. The Balaban J connectivity index is 2.25. The van der Waals surface area contributed by atoms with Crippen molar-refractivity contribution in [1.29, 1.82) is 0 Å². The van der Waals surface area contributed by atoms with Crippen molar-refractivity contribution >= 4 is 22.6 Å². The van der Waals surface area contributed by atoms with Crippen LogP contribution in [0.15, 0.2) is 30.6 Å². The highest BCUT2D eigenvalue weighted by Crippen LogP contribution is 2.16. The summed E-state index contributed by atoms with van der Waals surface area (Å²) in [5, 5.41) is 5.81. The second-order valence-electron chi connectivity index (χ2n) is 4.59. The van der Waals surface area contributed by atoms with E-state index in [0.29, 0.717) is 0 Å². The summed E-state index contributed by atoms with van der Waals surface area (Å²) in [6.45, 7) is 3.65. The van der Waals surface area contributed by atoms with Gasteiger partial charge in [-0.1, -0.05) is 0 Å². The van der Waals surface area contributed by atoms with E-state index in [1.807, 2.05) is 32.0 Å². The molecule has 0 unspecified atom stereocenters. The molecule has 1 aromatic carbocycles. The topological polar surface area (TPSA) is 66.9 Å². The zero-order valence-electron chi connectivity index (χ0n) is 10.7. The third kappa shape index (κ3) is 2.46. The fraction of sp³-hybridized carbons (Fsp3) is 0.308. The van der Waals surface area contributed by atoms with Gasteiger partial charge in [-0.2, -0.15) is 0 Å². The van der Waals surface area contributed by atoms with Gasteiger partial charge >= 0.3 is 0 Å². The van der Waals surface area contributed by atoms with Gasteiger partial charge in [0.2, 0.25) is 5.91 Å². The van der Waals surface area contributed by atoms with Gasteiger partial charge < -0.3 is 10.6 Å². The highest BCUT2D eigenvalue weighted by molar-refractivity contribution is 5.98. The van der Waals surface area contributed by atoms with Gasteiger partial charge in [0.15, 0.2) is 0 Å². The fourth-order valence-corrected chi connectivity index (χ4v) is 1.44. The number of amides is 1. The molecular formula is C13H16N4O. The summed E-state index contributed by atoms with van der Waals surface area (Å²) in [6.07, 6.45) is 3.27. The Morgan fingerprint density at radius 3 is 2.50 bits per heavy atom. The lowest BCUT2D eigenvalue weighted by atomic mass is 10.1. The number of likely N-dealkylation sites (N-methyl/N-ethyl adjacent to an activating group) is 1. The van der Waals surface area contributed by atoms with E-state index >= 15 is 0 Å². The van der Waals surface area contributed by atoms with Crippen molar-refractivity contribution in [1.82, 2.24) is 15.3 Å². The van der Waals surface area contributed by atoms with Crippen molar-refractivity contribution in [3.8, 4) is 0 Å². The van der Waals surface area contributed by atoms with E-state index in [1.165, 1.54) is 0 Å². The van der Waals surface area contributed by atoms with Crippen LogP contribution in [0.5, 0.6) is 0 Å². The van der Waals surface area contributed by atoms with E-state index in [0.717, 1.165) is 16.7 Å². The molecule has 5 heteroatoms. The standard InChI is InChI=1S/C13H16N4O/c1-13(2,14-3)12(18)17-9-4-5-10-11(8-9)16-7-6-15-10/h4-8,14H,1-3H3,(H,17,18). The van der Waals surface area contributed by atoms with Gasteiger partial charge in [-0.15, -0.1) is 0 Å². The van der Waals surface area contributed by atoms with Crippen molar-refractivity contribution in [3.05, 3.63) is 30.6 Å². The molecule has 18 heavy (non-hydrogen) atoms.